The van der Waals surface area contributed by atoms with E-state index >= 15 is 0 Å². The topological polar surface area (TPSA) is 67.8 Å². The van der Waals surface area contributed by atoms with Crippen molar-refractivity contribution in [3.05, 3.63) is 33.0 Å². The minimum atomic E-state index is -0.292. The predicted molar refractivity (Wildman–Crippen MR) is 81.7 cm³/mol. The third-order valence-corrected chi connectivity index (χ3v) is 4.11. The number of halogens is 1. The highest BCUT2D eigenvalue weighted by Gasteiger charge is 2.13. The van der Waals surface area contributed by atoms with E-state index in [0.29, 0.717) is 18.1 Å². The van der Waals surface area contributed by atoms with E-state index in [0.717, 1.165) is 10.7 Å². The van der Waals surface area contributed by atoms with Gasteiger partial charge in [-0.15, -0.1) is 11.3 Å². The van der Waals surface area contributed by atoms with Gasteiger partial charge in [0.25, 0.3) is 5.91 Å². The van der Waals surface area contributed by atoms with Crippen LogP contribution >= 0.6 is 34.7 Å². The van der Waals surface area contributed by atoms with Crippen molar-refractivity contribution in [2.24, 2.45) is 0 Å². The Balaban J connectivity index is 1.94. The Morgan fingerprint density at radius 1 is 1.50 bits per heavy atom. The molecule has 5 nitrogen and oxygen atoms in total. The molecule has 0 unspecified atom stereocenters. The second kappa shape index (κ2) is 7.01. The van der Waals surface area contributed by atoms with Crippen molar-refractivity contribution >= 4 is 40.6 Å². The highest BCUT2D eigenvalue weighted by molar-refractivity contribution is 7.98. The van der Waals surface area contributed by atoms with Crippen molar-refractivity contribution in [2.45, 2.75) is 18.5 Å². The van der Waals surface area contributed by atoms with Crippen LogP contribution in [0.5, 0.6) is 0 Å². The summed E-state index contributed by atoms with van der Waals surface area (Å²) in [6, 6.07) is 0. The molecule has 0 aliphatic rings. The van der Waals surface area contributed by atoms with Crippen molar-refractivity contribution < 1.29 is 4.79 Å². The maximum Gasteiger partial charge on any atom is 0.271 e. The summed E-state index contributed by atoms with van der Waals surface area (Å²) < 4.78 is 0. The number of aromatic nitrogens is 3. The zero-order valence-corrected chi connectivity index (χ0v) is 13.4. The van der Waals surface area contributed by atoms with Crippen LogP contribution in [0.3, 0.4) is 0 Å². The molecule has 0 atom stereocenters. The van der Waals surface area contributed by atoms with Gasteiger partial charge in [0.05, 0.1) is 21.9 Å². The van der Waals surface area contributed by atoms with Gasteiger partial charge in [0.2, 0.25) is 0 Å². The fourth-order valence-electron chi connectivity index (χ4n) is 1.52. The summed E-state index contributed by atoms with van der Waals surface area (Å²) in [6.07, 6.45) is 3.97. The summed E-state index contributed by atoms with van der Waals surface area (Å²) in [7, 11) is 0. The van der Waals surface area contributed by atoms with E-state index in [2.05, 4.69) is 20.3 Å². The van der Waals surface area contributed by atoms with Crippen LogP contribution in [0.25, 0.3) is 0 Å². The molecule has 0 fully saturated rings. The lowest BCUT2D eigenvalue weighted by atomic mass is 10.3. The molecule has 1 amide bonds. The van der Waals surface area contributed by atoms with Gasteiger partial charge in [-0.05, 0) is 13.2 Å². The molecule has 0 aromatic carbocycles. The van der Waals surface area contributed by atoms with Gasteiger partial charge < -0.3 is 5.32 Å². The van der Waals surface area contributed by atoms with Gasteiger partial charge >= 0.3 is 0 Å². The quantitative estimate of drug-likeness (QED) is 0.675. The SMILES string of the molecule is CSc1ncc(Cl)c(C(=O)NCCc2csc(C)n2)n1. The van der Waals surface area contributed by atoms with Gasteiger partial charge in [-0.1, -0.05) is 23.4 Å². The van der Waals surface area contributed by atoms with Crippen molar-refractivity contribution in [1.82, 2.24) is 20.3 Å². The number of rotatable bonds is 5. The molecule has 8 heteroatoms. The molecule has 0 aliphatic heterocycles. The van der Waals surface area contributed by atoms with Gasteiger partial charge in [0, 0.05) is 18.3 Å². The fourth-order valence-corrected chi connectivity index (χ4v) is 2.68. The highest BCUT2D eigenvalue weighted by atomic mass is 35.5. The maximum atomic E-state index is 12.0. The molecular formula is C12H13ClN4OS2. The lowest BCUT2D eigenvalue weighted by Gasteiger charge is -2.06. The molecule has 2 rings (SSSR count). The standard InChI is InChI=1S/C12H13ClN4OS2/c1-7-16-8(6-20-7)3-4-14-11(18)10-9(13)5-15-12(17-10)19-2/h5-6H,3-4H2,1-2H3,(H,14,18). The number of hydrogen-bond acceptors (Lipinski definition) is 6. The van der Waals surface area contributed by atoms with Crippen molar-refractivity contribution in [3.63, 3.8) is 0 Å². The van der Waals surface area contributed by atoms with Crippen LogP contribution in [0, 0.1) is 6.92 Å². The van der Waals surface area contributed by atoms with Crippen LogP contribution in [-0.2, 0) is 6.42 Å². The number of nitrogens with one attached hydrogen (secondary N) is 1. The smallest absolute Gasteiger partial charge is 0.271 e. The van der Waals surface area contributed by atoms with E-state index in [1.165, 1.54) is 18.0 Å². The van der Waals surface area contributed by atoms with Crippen LogP contribution in [0.2, 0.25) is 5.02 Å². The monoisotopic (exact) mass is 328 g/mol. The molecule has 2 aromatic rings. The second-order valence-electron chi connectivity index (χ2n) is 3.92. The molecule has 0 aliphatic carbocycles. The van der Waals surface area contributed by atoms with Crippen molar-refractivity contribution in [2.75, 3.05) is 12.8 Å². The average Bonchev–Trinajstić information content (AvgIpc) is 2.85. The lowest BCUT2D eigenvalue weighted by molar-refractivity contribution is 0.0948. The lowest BCUT2D eigenvalue weighted by Crippen LogP contribution is -2.27. The number of carbonyl (C=O) groups is 1. The molecule has 106 valence electrons. The number of aryl methyl sites for hydroxylation is 1. The molecule has 0 spiro atoms. The van der Waals surface area contributed by atoms with E-state index in [9.17, 15) is 4.79 Å². The third kappa shape index (κ3) is 3.91. The predicted octanol–water partition coefficient (Wildman–Crippen LogP) is 2.59. The molecule has 0 saturated heterocycles. The first-order valence-electron chi connectivity index (χ1n) is 5.86. The number of nitrogens with zero attached hydrogens (tertiary/aromatic N) is 3. The number of carbonyl (C=O) groups excluding carboxylic acids is 1. The zero-order valence-electron chi connectivity index (χ0n) is 11.0. The van der Waals surface area contributed by atoms with Crippen LogP contribution in [-0.4, -0.2) is 33.7 Å². The summed E-state index contributed by atoms with van der Waals surface area (Å²) in [4.78, 5) is 24.5. The largest absolute Gasteiger partial charge is 0.350 e. The second-order valence-corrected chi connectivity index (χ2v) is 6.16. The first-order valence-corrected chi connectivity index (χ1v) is 8.34. The summed E-state index contributed by atoms with van der Waals surface area (Å²) in [5.41, 5.74) is 1.19. The van der Waals surface area contributed by atoms with E-state index in [1.807, 2.05) is 18.6 Å². The van der Waals surface area contributed by atoms with Gasteiger partial charge in [-0.2, -0.15) is 0 Å². The minimum Gasteiger partial charge on any atom is -0.350 e. The van der Waals surface area contributed by atoms with Crippen molar-refractivity contribution in [3.8, 4) is 0 Å². The summed E-state index contributed by atoms with van der Waals surface area (Å²) >= 11 is 8.90. The van der Waals surface area contributed by atoms with E-state index < -0.39 is 0 Å². The molecule has 1 N–H and O–H groups in total. The minimum absolute atomic E-state index is 0.209. The number of thioether (sulfide) groups is 1. The Morgan fingerprint density at radius 2 is 2.30 bits per heavy atom. The average molecular weight is 329 g/mol. The Labute approximate surface area is 130 Å². The molecule has 0 bridgehead atoms. The Bertz CT molecular complexity index is 617. The molecule has 0 saturated carbocycles. The molecule has 2 aromatic heterocycles. The Hall–Kier alpha value is -1.18. The van der Waals surface area contributed by atoms with Gasteiger partial charge in [-0.25, -0.2) is 15.0 Å². The number of amides is 1. The first kappa shape index (κ1) is 15.2. The Kier molecular flexibility index (Phi) is 5.33. The summed E-state index contributed by atoms with van der Waals surface area (Å²) in [5, 5.41) is 6.58. The normalized spacial score (nSPS) is 10.6. The zero-order chi connectivity index (χ0) is 14.5. The first-order chi connectivity index (χ1) is 9.60. The van der Waals surface area contributed by atoms with Gasteiger partial charge in [0.15, 0.2) is 10.9 Å². The van der Waals surface area contributed by atoms with Crippen LogP contribution in [0.15, 0.2) is 16.7 Å². The highest BCUT2D eigenvalue weighted by Crippen LogP contribution is 2.16. The Morgan fingerprint density at radius 3 is 2.95 bits per heavy atom. The molecule has 2 heterocycles. The molecule has 20 heavy (non-hydrogen) atoms. The third-order valence-electron chi connectivity index (χ3n) is 2.45. The maximum absolute atomic E-state index is 12.0. The van der Waals surface area contributed by atoms with Gasteiger partial charge in [0.1, 0.15) is 0 Å². The number of hydrogen-bond donors (Lipinski definition) is 1. The van der Waals surface area contributed by atoms with Crippen LogP contribution < -0.4 is 5.32 Å². The van der Waals surface area contributed by atoms with E-state index in [-0.39, 0.29) is 16.6 Å². The fraction of sp³-hybridized carbons (Fsp3) is 0.333. The van der Waals surface area contributed by atoms with Crippen molar-refractivity contribution in [1.29, 1.82) is 0 Å². The molecule has 0 radical (unpaired) electrons. The molecular weight excluding hydrogens is 316 g/mol. The van der Waals surface area contributed by atoms with E-state index in [4.69, 9.17) is 11.6 Å². The number of thiazole rings is 1. The van der Waals surface area contributed by atoms with E-state index in [1.54, 1.807) is 11.3 Å². The summed E-state index contributed by atoms with van der Waals surface area (Å²) in [6.45, 7) is 2.45. The van der Waals surface area contributed by atoms with Crippen LogP contribution in [0.1, 0.15) is 21.2 Å². The summed E-state index contributed by atoms with van der Waals surface area (Å²) in [5.74, 6) is -0.292. The van der Waals surface area contributed by atoms with Gasteiger partial charge in [-0.3, -0.25) is 4.79 Å². The van der Waals surface area contributed by atoms with Crippen LogP contribution in [0.4, 0.5) is 0 Å².